The van der Waals surface area contributed by atoms with Crippen molar-refractivity contribution >= 4 is 44.6 Å². The first-order valence-electron chi connectivity index (χ1n) is 13.2. The quantitative estimate of drug-likeness (QED) is 0.365. The SMILES string of the molecule is CCOc1cc(O[C@H]2CN[C@H](C(=O)N[C@]3(C(=O)NS(=O)(=O)OC4(C)CC4)C[C@H]3CC)C2)c2cccc(Cl)c2n1. The van der Waals surface area contributed by atoms with Crippen LogP contribution in [0.1, 0.15) is 52.9 Å². The standard InChI is InChI=1S/C26H33ClN4O7S/c1-4-15-13-26(15,24(33)31-39(34,35)38-25(3)9-10-25)30-23(32)19-11-16(14-28-19)37-20-12-21(36-5-2)29-22-17(20)7-6-8-18(22)27/h6-8,12,15-16,19,28H,4-5,9-11,13-14H2,1-3H3,(H,30,32)(H,31,33)/t15-,16-,19+,26-/m1/s1. The Bertz CT molecular complexity index is 1400. The summed E-state index contributed by atoms with van der Waals surface area (Å²) in [6, 6.07) is 6.48. The number of rotatable bonds is 11. The highest BCUT2D eigenvalue weighted by molar-refractivity contribution is 7.85. The van der Waals surface area contributed by atoms with Gasteiger partial charge in [0.1, 0.15) is 17.4 Å². The van der Waals surface area contributed by atoms with Gasteiger partial charge in [-0.1, -0.05) is 31.0 Å². The lowest BCUT2D eigenvalue weighted by Crippen LogP contribution is -2.55. The van der Waals surface area contributed by atoms with E-state index in [4.69, 9.17) is 25.3 Å². The minimum Gasteiger partial charge on any atom is -0.488 e. The van der Waals surface area contributed by atoms with E-state index in [1.54, 1.807) is 19.1 Å². The average molecular weight is 581 g/mol. The highest BCUT2D eigenvalue weighted by Gasteiger charge is 2.61. The summed E-state index contributed by atoms with van der Waals surface area (Å²) >= 11 is 6.36. The van der Waals surface area contributed by atoms with Gasteiger partial charge in [0, 0.05) is 24.4 Å². The predicted molar refractivity (Wildman–Crippen MR) is 144 cm³/mol. The maximum absolute atomic E-state index is 13.2. The summed E-state index contributed by atoms with van der Waals surface area (Å²) in [7, 11) is -4.29. The number of pyridine rings is 1. The van der Waals surface area contributed by atoms with Crippen LogP contribution in [0.2, 0.25) is 5.02 Å². The van der Waals surface area contributed by atoms with Crippen molar-refractivity contribution in [1.29, 1.82) is 0 Å². The van der Waals surface area contributed by atoms with Crippen LogP contribution < -0.4 is 24.8 Å². The molecule has 4 atom stereocenters. The second-order valence-electron chi connectivity index (χ2n) is 10.7. The molecule has 1 aliphatic heterocycles. The fourth-order valence-corrected chi connectivity index (χ4v) is 6.38. The van der Waals surface area contributed by atoms with Gasteiger partial charge in [0.15, 0.2) is 0 Å². The van der Waals surface area contributed by atoms with E-state index < -0.39 is 39.3 Å². The van der Waals surface area contributed by atoms with Crippen LogP contribution in [0.3, 0.4) is 0 Å². The smallest absolute Gasteiger partial charge is 0.362 e. The number of carbonyl (C=O) groups excluding carboxylic acids is 2. The lowest BCUT2D eigenvalue weighted by molar-refractivity contribution is -0.130. The van der Waals surface area contributed by atoms with Crippen molar-refractivity contribution in [2.75, 3.05) is 13.2 Å². The van der Waals surface area contributed by atoms with E-state index in [0.29, 0.717) is 67.4 Å². The second-order valence-corrected chi connectivity index (χ2v) is 12.3. The summed E-state index contributed by atoms with van der Waals surface area (Å²) in [6.45, 7) is 6.24. The van der Waals surface area contributed by atoms with Crippen LogP contribution in [0.25, 0.3) is 10.9 Å². The van der Waals surface area contributed by atoms with Crippen LogP contribution in [-0.4, -0.2) is 61.7 Å². The zero-order valence-corrected chi connectivity index (χ0v) is 23.7. The Kier molecular flexibility index (Phi) is 7.42. The zero-order chi connectivity index (χ0) is 28.0. The third-order valence-corrected chi connectivity index (χ3v) is 8.92. The van der Waals surface area contributed by atoms with Crippen LogP contribution >= 0.6 is 11.6 Å². The molecule has 11 nitrogen and oxygen atoms in total. The normalized spacial score (nSPS) is 27.1. The highest BCUT2D eigenvalue weighted by Crippen LogP contribution is 2.47. The number of hydrogen-bond donors (Lipinski definition) is 3. The van der Waals surface area contributed by atoms with Gasteiger partial charge in [-0.2, -0.15) is 8.42 Å². The fraction of sp³-hybridized carbons (Fsp3) is 0.577. The molecule has 2 saturated carbocycles. The molecule has 2 aliphatic carbocycles. The fourth-order valence-electron chi connectivity index (χ4n) is 5.02. The molecule has 0 radical (unpaired) electrons. The number of amides is 2. The molecule has 2 heterocycles. The van der Waals surface area contributed by atoms with Gasteiger partial charge < -0.3 is 20.1 Å². The molecule has 1 aromatic carbocycles. The molecule has 1 aromatic heterocycles. The number of halogens is 1. The van der Waals surface area contributed by atoms with Gasteiger partial charge in [-0.05, 0) is 51.2 Å². The summed E-state index contributed by atoms with van der Waals surface area (Å²) in [4.78, 5) is 30.7. The summed E-state index contributed by atoms with van der Waals surface area (Å²) in [5, 5.41) is 7.17. The lowest BCUT2D eigenvalue weighted by Gasteiger charge is -2.22. The van der Waals surface area contributed by atoms with E-state index in [1.165, 1.54) is 0 Å². The Morgan fingerprint density at radius 2 is 2.03 bits per heavy atom. The summed E-state index contributed by atoms with van der Waals surface area (Å²) in [5.74, 6) is -0.419. The first-order valence-corrected chi connectivity index (χ1v) is 15.0. The number of para-hydroxylation sites is 1. The van der Waals surface area contributed by atoms with E-state index >= 15 is 0 Å². The number of fused-ring (bicyclic) bond motifs is 1. The first-order chi connectivity index (χ1) is 18.5. The first kappa shape index (κ1) is 27.9. The Balaban J connectivity index is 1.25. The number of benzene rings is 1. The number of aromatic nitrogens is 1. The topological polar surface area (TPSA) is 145 Å². The van der Waals surface area contributed by atoms with Crippen molar-refractivity contribution in [2.24, 2.45) is 5.92 Å². The van der Waals surface area contributed by atoms with E-state index in [2.05, 4.69) is 15.6 Å². The van der Waals surface area contributed by atoms with Crippen molar-refractivity contribution in [2.45, 2.75) is 76.2 Å². The van der Waals surface area contributed by atoms with Gasteiger partial charge in [-0.25, -0.2) is 13.9 Å². The molecule has 2 amide bonds. The van der Waals surface area contributed by atoms with Crippen LogP contribution in [-0.2, 0) is 24.1 Å². The van der Waals surface area contributed by atoms with Crippen molar-refractivity contribution < 1.29 is 31.7 Å². The predicted octanol–water partition coefficient (Wildman–Crippen LogP) is 2.61. The molecule has 0 spiro atoms. The zero-order valence-electron chi connectivity index (χ0n) is 22.1. The molecule has 0 unspecified atom stereocenters. The maximum atomic E-state index is 13.2. The summed E-state index contributed by atoms with van der Waals surface area (Å²) in [5.41, 5.74) is -1.51. The number of nitrogens with one attached hydrogen (secondary N) is 3. The highest BCUT2D eigenvalue weighted by atomic mass is 35.5. The second kappa shape index (κ2) is 10.4. The van der Waals surface area contributed by atoms with Gasteiger partial charge in [0.05, 0.1) is 28.8 Å². The molecule has 212 valence electrons. The van der Waals surface area contributed by atoms with E-state index in [1.807, 2.05) is 30.7 Å². The number of hydrogen-bond acceptors (Lipinski definition) is 9. The number of ether oxygens (including phenoxy) is 2. The van der Waals surface area contributed by atoms with E-state index in [9.17, 15) is 18.0 Å². The van der Waals surface area contributed by atoms with Crippen LogP contribution in [0.4, 0.5) is 0 Å². The molecule has 3 N–H and O–H groups in total. The average Bonchev–Trinajstić information content (AvgIpc) is 3.72. The molecule has 1 saturated heterocycles. The van der Waals surface area contributed by atoms with Crippen molar-refractivity contribution in [3.63, 3.8) is 0 Å². The third-order valence-electron chi connectivity index (χ3n) is 7.55. The maximum Gasteiger partial charge on any atom is 0.362 e. The summed E-state index contributed by atoms with van der Waals surface area (Å²) < 4.78 is 43.8. The van der Waals surface area contributed by atoms with Gasteiger partial charge in [-0.3, -0.25) is 9.59 Å². The minimum absolute atomic E-state index is 0.175. The third kappa shape index (κ3) is 5.93. The van der Waals surface area contributed by atoms with Gasteiger partial charge in [0.25, 0.3) is 5.91 Å². The van der Waals surface area contributed by atoms with Crippen molar-refractivity contribution in [3.05, 3.63) is 29.3 Å². The molecular formula is C26H33ClN4O7S. The molecule has 39 heavy (non-hydrogen) atoms. The molecule has 13 heteroatoms. The monoisotopic (exact) mass is 580 g/mol. The lowest BCUT2D eigenvalue weighted by atomic mass is 10.1. The van der Waals surface area contributed by atoms with E-state index in [0.717, 1.165) is 5.39 Å². The largest absolute Gasteiger partial charge is 0.488 e. The van der Waals surface area contributed by atoms with Gasteiger partial charge in [-0.15, -0.1) is 0 Å². The Morgan fingerprint density at radius 1 is 1.26 bits per heavy atom. The Hall–Kier alpha value is -2.67. The molecule has 3 fully saturated rings. The number of nitrogens with zero attached hydrogens (tertiary/aromatic N) is 1. The van der Waals surface area contributed by atoms with Crippen LogP contribution in [0.5, 0.6) is 11.6 Å². The Morgan fingerprint density at radius 3 is 2.69 bits per heavy atom. The molecule has 5 rings (SSSR count). The molecule has 3 aliphatic rings. The molecular weight excluding hydrogens is 548 g/mol. The number of carbonyl (C=O) groups is 2. The molecule has 0 bridgehead atoms. The van der Waals surface area contributed by atoms with Gasteiger partial charge >= 0.3 is 10.3 Å². The van der Waals surface area contributed by atoms with Crippen LogP contribution in [0, 0.1) is 5.92 Å². The molecule has 2 aromatic rings. The van der Waals surface area contributed by atoms with E-state index in [-0.39, 0.29) is 12.0 Å². The summed E-state index contributed by atoms with van der Waals surface area (Å²) in [6.07, 6.45) is 2.16. The van der Waals surface area contributed by atoms with Crippen LogP contribution in [0.15, 0.2) is 24.3 Å². The minimum atomic E-state index is -4.29. The Labute approximate surface area is 232 Å². The van der Waals surface area contributed by atoms with Crippen molar-refractivity contribution in [3.8, 4) is 11.6 Å². The van der Waals surface area contributed by atoms with Crippen molar-refractivity contribution in [1.82, 2.24) is 20.3 Å². The van der Waals surface area contributed by atoms with Gasteiger partial charge in [0.2, 0.25) is 11.8 Å².